The maximum Gasteiger partial charge on any atom is 0.358 e. The minimum absolute atomic E-state index is 0.289. The molecule has 0 aliphatic rings. The van der Waals surface area contributed by atoms with Gasteiger partial charge < -0.3 is 4.74 Å². The highest BCUT2D eigenvalue weighted by Crippen LogP contribution is 2.38. The maximum atomic E-state index is 11.7. The van der Waals surface area contributed by atoms with E-state index in [0.29, 0.717) is 8.94 Å². The molecule has 0 bridgehead atoms. The fourth-order valence-electron chi connectivity index (χ4n) is 1.39. The summed E-state index contributed by atoms with van der Waals surface area (Å²) in [5.41, 5.74) is 1.14. The Hall–Kier alpha value is -0.430. The molecular weight excluding hydrogens is 405 g/mol. The molecule has 0 atom stereocenters. The van der Waals surface area contributed by atoms with Gasteiger partial charge in [-0.15, -0.1) is 11.3 Å². The van der Waals surface area contributed by atoms with E-state index in [0.717, 1.165) is 14.9 Å². The summed E-state index contributed by atoms with van der Waals surface area (Å²) in [7, 11) is 1.33. The average molecular weight is 412 g/mol. The van der Waals surface area contributed by atoms with Gasteiger partial charge in [-0.05, 0) is 28.1 Å². The smallest absolute Gasteiger partial charge is 0.358 e. The molecule has 0 unspecified atom stereocenters. The predicted molar refractivity (Wildman–Crippen MR) is 79.3 cm³/mol. The molecule has 0 saturated carbocycles. The van der Waals surface area contributed by atoms with Gasteiger partial charge in [0.1, 0.15) is 0 Å². The summed E-state index contributed by atoms with van der Waals surface area (Å²) in [6, 6.07) is 5.36. The molecule has 0 aliphatic heterocycles. The number of hydrogen-bond acceptors (Lipinski definition) is 4. The molecule has 0 N–H and O–H groups in total. The lowest BCUT2D eigenvalue weighted by molar-refractivity contribution is 0.0595. The van der Waals surface area contributed by atoms with Gasteiger partial charge in [0.2, 0.25) is 0 Å². The molecule has 1 aromatic carbocycles. The Kier molecular flexibility index (Phi) is 4.42. The predicted octanol–water partition coefficient (Wildman–Crippen LogP) is 4.78. The Morgan fingerprint density at radius 1 is 1.44 bits per heavy atom. The van der Waals surface area contributed by atoms with E-state index in [9.17, 15) is 4.79 Å². The van der Waals surface area contributed by atoms with Crippen molar-refractivity contribution in [2.24, 2.45) is 0 Å². The van der Waals surface area contributed by atoms with Gasteiger partial charge in [-0.3, -0.25) is 0 Å². The Morgan fingerprint density at radius 3 is 2.78 bits per heavy atom. The monoisotopic (exact) mass is 409 g/mol. The van der Waals surface area contributed by atoms with Crippen molar-refractivity contribution in [3.8, 4) is 10.4 Å². The summed E-state index contributed by atoms with van der Waals surface area (Å²) in [6.45, 7) is 0. The molecule has 1 heterocycles. The molecule has 0 radical (unpaired) electrons. The lowest BCUT2D eigenvalue weighted by atomic mass is 10.1. The lowest BCUT2D eigenvalue weighted by Crippen LogP contribution is -2.03. The number of methoxy groups -OCH3 is 1. The fourth-order valence-corrected chi connectivity index (χ4v) is 3.88. The first-order chi connectivity index (χ1) is 8.52. The van der Waals surface area contributed by atoms with Crippen LogP contribution in [0.3, 0.4) is 0 Å². The summed E-state index contributed by atoms with van der Waals surface area (Å²) in [5.74, 6) is -0.464. The van der Waals surface area contributed by atoms with E-state index in [1.54, 1.807) is 12.1 Å². The van der Waals surface area contributed by atoms with Gasteiger partial charge in [-0.25, -0.2) is 9.78 Å². The van der Waals surface area contributed by atoms with Gasteiger partial charge in [0.25, 0.3) is 0 Å². The molecule has 3 nitrogen and oxygen atoms in total. The van der Waals surface area contributed by atoms with Crippen LogP contribution in [0, 0.1) is 0 Å². The average Bonchev–Trinajstić information content (AvgIpc) is 2.70. The van der Waals surface area contributed by atoms with Crippen LogP contribution in [0.2, 0.25) is 5.02 Å². The Bertz CT molecular complexity index is 615. The minimum Gasteiger partial charge on any atom is -0.464 e. The molecule has 0 spiro atoms. The van der Waals surface area contributed by atoms with Crippen LogP contribution in [0.5, 0.6) is 0 Å². The second kappa shape index (κ2) is 5.69. The molecule has 0 saturated heterocycles. The van der Waals surface area contributed by atoms with E-state index in [-0.39, 0.29) is 5.69 Å². The maximum absolute atomic E-state index is 11.7. The Morgan fingerprint density at radius 2 is 2.17 bits per heavy atom. The molecule has 18 heavy (non-hydrogen) atoms. The van der Waals surface area contributed by atoms with Crippen LogP contribution < -0.4 is 0 Å². The van der Waals surface area contributed by atoms with E-state index < -0.39 is 5.97 Å². The zero-order valence-electron chi connectivity index (χ0n) is 9.04. The number of thiazole rings is 1. The highest BCUT2D eigenvalue weighted by molar-refractivity contribution is 9.11. The zero-order chi connectivity index (χ0) is 13.3. The number of aromatic nitrogens is 1. The van der Waals surface area contributed by atoms with Crippen LogP contribution in [0.4, 0.5) is 0 Å². The number of halogens is 3. The van der Waals surface area contributed by atoms with Crippen LogP contribution in [-0.4, -0.2) is 18.1 Å². The largest absolute Gasteiger partial charge is 0.464 e. The summed E-state index contributed by atoms with van der Waals surface area (Å²) in [6.07, 6.45) is 0. The van der Waals surface area contributed by atoms with Crippen LogP contribution >= 0.6 is 54.8 Å². The van der Waals surface area contributed by atoms with Gasteiger partial charge in [0, 0.05) is 15.1 Å². The van der Waals surface area contributed by atoms with Crippen molar-refractivity contribution in [3.63, 3.8) is 0 Å². The standard InChI is InChI=1S/C11H6Br2ClNO2S/c1-17-10(16)8-9(18-11(13)15-8)6-3-2-5(14)4-7(6)12/h2-4H,1H3. The number of ether oxygens (including phenoxy) is 1. The number of esters is 1. The molecule has 0 amide bonds. The number of rotatable bonds is 2. The van der Waals surface area contributed by atoms with Crippen LogP contribution in [-0.2, 0) is 4.74 Å². The normalized spacial score (nSPS) is 10.4. The topological polar surface area (TPSA) is 39.2 Å². The van der Waals surface area contributed by atoms with E-state index in [1.807, 2.05) is 6.07 Å². The third-order valence-corrected chi connectivity index (χ3v) is 4.59. The van der Waals surface area contributed by atoms with Gasteiger partial charge in [0.05, 0.1) is 12.0 Å². The zero-order valence-corrected chi connectivity index (χ0v) is 13.8. The van der Waals surface area contributed by atoms with Crippen molar-refractivity contribution in [1.82, 2.24) is 4.98 Å². The first-order valence-corrected chi connectivity index (χ1v) is 7.51. The van der Waals surface area contributed by atoms with Gasteiger partial charge in [-0.1, -0.05) is 33.6 Å². The number of hydrogen-bond donors (Lipinski definition) is 0. The number of carbonyl (C=O) groups excluding carboxylic acids is 1. The van der Waals surface area contributed by atoms with Crippen molar-refractivity contribution < 1.29 is 9.53 Å². The minimum atomic E-state index is -0.464. The van der Waals surface area contributed by atoms with Crippen molar-refractivity contribution in [2.45, 2.75) is 0 Å². The van der Waals surface area contributed by atoms with Gasteiger partial charge in [-0.2, -0.15) is 0 Å². The molecule has 2 rings (SSSR count). The fraction of sp³-hybridized carbons (Fsp3) is 0.0909. The third-order valence-electron chi connectivity index (χ3n) is 2.16. The first-order valence-electron chi connectivity index (χ1n) is 4.73. The van der Waals surface area contributed by atoms with Crippen molar-refractivity contribution in [1.29, 1.82) is 0 Å². The van der Waals surface area contributed by atoms with Gasteiger partial charge >= 0.3 is 5.97 Å². The number of carbonyl (C=O) groups is 1. The summed E-state index contributed by atoms with van der Waals surface area (Å²) in [4.78, 5) is 16.5. The number of nitrogens with zero attached hydrogens (tertiary/aromatic N) is 1. The van der Waals surface area contributed by atoms with E-state index >= 15 is 0 Å². The van der Waals surface area contributed by atoms with Crippen LogP contribution in [0.25, 0.3) is 10.4 Å². The second-order valence-corrected chi connectivity index (χ2v) is 6.83. The van der Waals surface area contributed by atoms with Crippen molar-refractivity contribution in [3.05, 3.63) is 37.3 Å². The summed E-state index contributed by atoms with van der Waals surface area (Å²) in [5, 5.41) is 0.619. The molecule has 94 valence electrons. The molecule has 0 fully saturated rings. The molecule has 7 heteroatoms. The molecule has 0 aliphatic carbocycles. The molecular formula is C11H6Br2ClNO2S. The quantitative estimate of drug-likeness (QED) is 0.668. The molecule has 2 aromatic rings. The van der Waals surface area contributed by atoms with Gasteiger partial charge in [0.15, 0.2) is 9.61 Å². The Labute approximate surface area is 129 Å². The number of benzene rings is 1. The second-order valence-electron chi connectivity index (χ2n) is 3.26. The summed E-state index contributed by atoms with van der Waals surface area (Å²) >= 11 is 14.0. The lowest BCUT2D eigenvalue weighted by Gasteiger charge is -2.04. The third kappa shape index (κ3) is 2.77. The molecule has 1 aromatic heterocycles. The highest BCUT2D eigenvalue weighted by atomic mass is 79.9. The SMILES string of the molecule is COC(=O)c1nc(Br)sc1-c1ccc(Cl)cc1Br. The van der Waals surface area contributed by atoms with Crippen molar-refractivity contribution >= 4 is 60.8 Å². The Balaban J connectivity index is 2.60. The van der Waals surface area contributed by atoms with E-state index in [4.69, 9.17) is 16.3 Å². The van der Waals surface area contributed by atoms with E-state index in [1.165, 1.54) is 18.4 Å². The highest BCUT2D eigenvalue weighted by Gasteiger charge is 2.20. The van der Waals surface area contributed by atoms with Crippen LogP contribution in [0.15, 0.2) is 26.6 Å². The van der Waals surface area contributed by atoms with Crippen LogP contribution in [0.1, 0.15) is 10.5 Å². The van der Waals surface area contributed by atoms with E-state index in [2.05, 4.69) is 36.8 Å². The van der Waals surface area contributed by atoms with Crippen molar-refractivity contribution in [2.75, 3.05) is 7.11 Å². The summed E-state index contributed by atoms with van der Waals surface area (Å²) < 4.78 is 6.15. The first kappa shape index (κ1) is 14.0.